The Labute approximate surface area is 123 Å². The van der Waals surface area contributed by atoms with Gasteiger partial charge in [0.1, 0.15) is 0 Å². The molecule has 0 bridgehead atoms. The molecule has 3 nitrogen and oxygen atoms in total. The Morgan fingerprint density at radius 3 is 1.42 bits per heavy atom. The second-order valence-electron chi connectivity index (χ2n) is 3.98. The molecule has 0 radical (unpaired) electrons. The Hall–Kier alpha value is -1.67. The van der Waals surface area contributed by atoms with Gasteiger partial charge in [-0.05, 0) is 0 Å². The summed E-state index contributed by atoms with van der Waals surface area (Å²) >= 11 is 0. The van der Waals surface area contributed by atoms with Gasteiger partial charge in [0.25, 0.3) is 0 Å². The van der Waals surface area contributed by atoms with Gasteiger partial charge in [-0.3, -0.25) is 0 Å². The Morgan fingerprint density at radius 1 is 0.792 bits per heavy atom. The number of rotatable bonds is 7. The van der Waals surface area contributed by atoms with Crippen LogP contribution >= 0.6 is 0 Å². The summed E-state index contributed by atoms with van der Waals surface area (Å²) in [5.74, 6) is -44.0. The van der Waals surface area contributed by atoms with Gasteiger partial charge in [0.15, 0.2) is 0 Å². The van der Waals surface area contributed by atoms with E-state index in [2.05, 4.69) is 4.74 Å². The molecule has 15 heteroatoms. The highest BCUT2D eigenvalue weighted by molar-refractivity contribution is 5.77. The van der Waals surface area contributed by atoms with Crippen LogP contribution in [-0.4, -0.2) is 47.7 Å². The van der Waals surface area contributed by atoms with Crippen molar-refractivity contribution in [3.8, 4) is 0 Å². The van der Waals surface area contributed by atoms with E-state index in [-0.39, 0.29) is 0 Å². The second-order valence-corrected chi connectivity index (χ2v) is 3.98. The van der Waals surface area contributed by atoms with Gasteiger partial charge >= 0.3 is 41.6 Å². The van der Waals surface area contributed by atoms with E-state index in [1.165, 1.54) is 0 Å². The van der Waals surface area contributed by atoms with Crippen LogP contribution in [-0.2, 0) is 9.53 Å². The van der Waals surface area contributed by atoms with E-state index < -0.39 is 54.5 Å². The predicted octanol–water partition coefficient (Wildman–Crippen LogP) is 4.00. The van der Waals surface area contributed by atoms with Gasteiger partial charge in [0.05, 0.1) is 0 Å². The Morgan fingerprint density at radius 2 is 1.17 bits per heavy atom. The molecule has 24 heavy (non-hydrogen) atoms. The lowest BCUT2D eigenvalue weighted by molar-refractivity contribution is -0.405. The third kappa shape index (κ3) is 2.67. The van der Waals surface area contributed by atoms with Crippen LogP contribution in [0.1, 0.15) is 0 Å². The van der Waals surface area contributed by atoms with Crippen molar-refractivity contribution in [1.82, 2.24) is 0 Å². The average molecular weight is 388 g/mol. The lowest BCUT2D eigenvalue weighted by Gasteiger charge is -2.39. The molecule has 0 aliphatic carbocycles. The molecular formula is C9H4F12O3. The molecule has 0 amide bonds. The SMILES string of the molecule is COC(F)(C(F)=C(F)F)C(F)(F)C(F)(F)C(F)(F)C(F)(F)C(=O)O. The minimum Gasteiger partial charge on any atom is -0.477 e. The summed E-state index contributed by atoms with van der Waals surface area (Å²) in [7, 11) is -0.444. The third-order valence-corrected chi connectivity index (χ3v) is 2.58. The van der Waals surface area contributed by atoms with Crippen LogP contribution < -0.4 is 0 Å². The van der Waals surface area contributed by atoms with Gasteiger partial charge in [-0.2, -0.15) is 52.7 Å². The molecule has 1 atom stereocenters. The maximum atomic E-state index is 13.5. The van der Waals surface area contributed by atoms with Crippen LogP contribution in [0.2, 0.25) is 0 Å². The molecule has 0 aromatic carbocycles. The van der Waals surface area contributed by atoms with E-state index in [0.29, 0.717) is 0 Å². The molecule has 142 valence electrons. The van der Waals surface area contributed by atoms with Gasteiger partial charge in [-0.15, -0.1) is 0 Å². The fourth-order valence-electron chi connectivity index (χ4n) is 1.21. The van der Waals surface area contributed by atoms with Gasteiger partial charge in [-0.25, -0.2) is 4.79 Å². The molecule has 0 fully saturated rings. The molecular weight excluding hydrogens is 384 g/mol. The van der Waals surface area contributed by atoms with E-state index in [1.54, 1.807) is 0 Å². The van der Waals surface area contributed by atoms with Gasteiger partial charge in [-0.1, -0.05) is 0 Å². The summed E-state index contributed by atoms with van der Waals surface area (Å²) in [6.45, 7) is 0. The number of carbonyl (C=O) groups is 1. The van der Waals surface area contributed by atoms with Crippen molar-refractivity contribution < 1.29 is 67.3 Å². The van der Waals surface area contributed by atoms with E-state index in [4.69, 9.17) is 5.11 Å². The highest BCUT2D eigenvalue weighted by Crippen LogP contribution is 2.58. The Kier molecular flexibility index (Phi) is 5.58. The first-order valence-electron chi connectivity index (χ1n) is 5.06. The lowest BCUT2D eigenvalue weighted by Crippen LogP contribution is -2.70. The number of alkyl halides is 9. The number of ether oxygens (including phenoxy) is 1. The molecule has 1 N–H and O–H groups in total. The summed E-state index contributed by atoms with van der Waals surface area (Å²) in [5.41, 5.74) is 0. The summed E-state index contributed by atoms with van der Waals surface area (Å²) in [4.78, 5) is 9.87. The molecule has 0 aromatic heterocycles. The Balaban J connectivity index is 6.56. The van der Waals surface area contributed by atoms with Crippen molar-refractivity contribution in [3.63, 3.8) is 0 Å². The molecule has 0 rings (SSSR count). The third-order valence-electron chi connectivity index (χ3n) is 2.58. The summed E-state index contributed by atoms with van der Waals surface area (Å²) in [6.07, 6.45) is -4.05. The number of hydrogen-bond donors (Lipinski definition) is 1. The Bertz CT molecular complexity index is 538. The van der Waals surface area contributed by atoms with E-state index >= 15 is 0 Å². The predicted molar refractivity (Wildman–Crippen MR) is 48.6 cm³/mol. The molecule has 0 spiro atoms. The zero-order valence-corrected chi connectivity index (χ0v) is 10.8. The van der Waals surface area contributed by atoms with Crippen molar-refractivity contribution in [2.24, 2.45) is 0 Å². The first kappa shape index (κ1) is 22.3. The fourth-order valence-corrected chi connectivity index (χ4v) is 1.21. The lowest BCUT2D eigenvalue weighted by atomic mass is 9.93. The number of halogens is 12. The van der Waals surface area contributed by atoms with Gasteiger partial charge in [0.2, 0.25) is 5.83 Å². The molecule has 0 aromatic rings. The van der Waals surface area contributed by atoms with E-state index in [0.717, 1.165) is 0 Å². The summed E-state index contributed by atoms with van der Waals surface area (Å²) in [6, 6.07) is 0. The topological polar surface area (TPSA) is 46.5 Å². The van der Waals surface area contributed by atoms with Crippen LogP contribution in [0.25, 0.3) is 0 Å². The smallest absolute Gasteiger partial charge is 0.410 e. The quantitative estimate of drug-likeness (QED) is 0.671. The number of carboxylic acid groups (broad SMARTS) is 1. The minimum atomic E-state index is -7.70. The van der Waals surface area contributed by atoms with Crippen molar-refractivity contribution in [2.45, 2.75) is 29.5 Å². The molecule has 1 unspecified atom stereocenters. The first-order chi connectivity index (χ1) is 10.4. The van der Waals surface area contributed by atoms with Crippen molar-refractivity contribution in [2.75, 3.05) is 7.11 Å². The molecule has 0 aliphatic rings. The maximum absolute atomic E-state index is 13.5. The average Bonchev–Trinajstić information content (AvgIpc) is 2.44. The van der Waals surface area contributed by atoms with Gasteiger partial charge < -0.3 is 9.84 Å². The number of methoxy groups -OCH3 is 1. The molecule has 0 saturated carbocycles. The normalized spacial score (nSPS) is 16.5. The van der Waals surface area contributed by atoms with Gasteiger partial charge in [0, 0.05) is 7.11 Å². The zero-order chi connectivity index (χ0) is 19.9. The largest absolute Gasteiger partial charge is 0.477 e. The molecule has 0 aliphatic heterocycles. The zero-order valence-electron chi connectivity index (χ0n) is 10.8. The minimum absolute atomic E-state index is 0.444. The van der Waals surface area contributed by atoms with Crippen LogP contribution in [0.5, 0.6) is 0 Å². The van der Waals surface area contributed by atoms with E-state index in [1.807, 2.05) is 0 Å². The van der Waals surface area contributed by atoms with Crippen LogP contribution in [0, 0.1) is 0 Å². The number of carboxylic acids is 1. The second kappa shape index (κ2) is 6.00. The van der Waals surface area contributed by atoms with Crippen LogP contribution in [0.4, 0.5) is 52.7 Å². The van der Waals surface area contributed by atoms with Crippen molar-refractivity contribution in [1.29, 1.82) is 0 Å². The van der Waals surface area contributed by atoms with Crippen LogP contribution in [0.3, 0.4) is 0 Å². The maximum Gasteiger partial charge on any atom is 0.410 e. The molecule has 0 heterocycles. The summed E-state index contributed by atoms with van der Waals surface area (Å²) < 4.78 is 157. The van der Waals surface area contributed by atoms with Crippen LogP contribution in [0.15, 0.2) is 11.9 Å². The number of hydrogen-bond acceptors (Lipinski definition) is 2. The number of aliphatic carboxylic acids is 1. The monoisotopic (exact) mass is 388 g/mol. The summed E-state index contributed by atoms with van der Waals surface area (Å²) in [5, 5.41) is 7.73. The highest BCUT2D eigenvalue weighted by Gasteiger charge is 2.88. The van der Waals surface area contributed by atoms with E-state index in [9.17, 15) is 57.5 Å². The fraction of sp³-hybridized carbons (Fsp3) is 0.667. The first-order valence-corrected chi connectivity index (χ1v) is 5.06. The molecule has 0 saturated heterocycles. The highest BCUT2D eigenvalue weighted by atomic mass is 19.4. The standard InChI is InChI=1S/C9H4F12O3/c1-24-6(15,2(10)3(11)12)8(18,19)9(20,21)7(16,17)5(13,14)4(22)23/h1H3,(H,22,23). The van der Waals surface area contributed by atoms with Crippen molar-refractivity contribution >= 4 is 5.97 Å². The van der Waals surface area contributed by atoms with Crippen molar-refractivity contribution in [3.05, 3.63) is 11.9 Å².